The Morgan fingerprint density at radius 3 is 2.53 bits per heavy atom. The Kier molecular flexibility index (Phi) is 3.35. The second-order valence-corrected chi connectivity index (χ2v) is 4.52. The van der Waals surface area contributed by atoms with Crippen molar-refractivity contribution in [3.8, 4) is 5.69 Å². The molecule has 0 radical (unpaired) electrons. The molecule has 0 unspecified atom stereocenters. The van der Waals surface area contributed by atoms with E-state index in [9.17, 15) is 15.2 Å². The van der Waals surface area contributed by atoms with Crippen molar-refractivity contribution in [2.45, 2.75) is 26.9 Å². The normalized spacial score (nSPS) is 12.4. The largest absolute Gasteiger partial charge is 0.389 e. The molecular weight excluding hydrogens is 246 g/mol. The van der Waals surface area contributed by atoms with Gasteiger partial charge in [-0.2, -0.15) is 5.10 Å². The van der Waals surface area contributed by atoms with Gasteiger partial charge in [0.25, 0.3) is 5.69 Å². The van der Waals surface area contributed by atoms with Crippen LogP contribution in [0.2, 0.25) is 0 Å². The van der Waals surface area contributed by atoms with Gasteiger partial charge in [-0.15, -0.1) is 0 Å². The highest BCUT2D eigenvalue weighted by atomic mass is 16.6. The lowest BCUT2D eigenvalue weighted by molar-refractivity contribution is -0.384. The molecule has 0 aliphatic carbocycles. The third-order valence-corrected chi connectivity index (χ3v) is 2.92. The lowest BCUT2D eigenvalue weighted by Crippen LogP contribution is -2.05. The molecule has 1 heterocycles. The molecule has 1 atom stereocenters. The summed E-state index contributed by atoms with van der Waals surface area (Å²) in [6.07, 6.45) is -0.742. The molecule has 100 valence electrons. The summed E-state index contributed by atoms with van der Waals surface area (Å²) in [5.74, 6) is 0. The molecule has 6 nitrogen and oxygen atoms in total. The van der Waals surface area contributed by atoms with Gasteiger partial charge in [0.05, 0.1) is 16.7 Å². The predicted octanol–water partition coefficient (Wildman–Crippen LogP) is 2.45. The second-order valence-electron chi connectivity index (χ2n) is 4.52. The lowest BCUT2D eigenvalue weighted by Gasteiger charge is -2.09. The van der Waals surface area contributed by atoms with Crippen LogP contribution in [0.3, 0.4) is 0 Å². The third-order valence-electron chi connectivity index (χ3n) is 2.92. The summed E-state index contributed by atoms with van der Waals surface area (Å²) in [5, 5.41) is 24.9. The van der Waals surface area contributed by atoms with Crippen LogP contribution in [-0.2, 0) is 0 Å². The Bertz CT molecular complexity index is 632. The standard InChI is InChI=1S/C13H15N3O3/c1-8-6-9(2)15(14-8)12-5-4-11(10(3)17)7-13(12)16(18)19/h4-7,10,17H,1-3H3/t10-/m1/s1. The van der Waals surface area contributed by atoms with Crippen molar-refractivity contribution in [2.75, 3.05) is 0 Å². The van der Waals surface area contributed by atoms with Crippen LogP contribution in [0.25, 0.3) is 5.69 Å². The first-order valence-corrected chi connectivity index (χ1v) is 5.90. The molecule has 0 saturated heterocycles. The number of benzene rings is 1. The molecule has 0 bridgehead atoms. The van der Waals surface area contributed by atoms with E-state index in [1.807, 2.05) is 19.9 Å². The zero-order valence-electron chi connectivity index (χ0n) is 11.0. The number of hydrogen-bond acceptors (Lipinski definition) is 4. The maximum absolute atomic E-state index is 11.2. The van der Waals surface area contributed by atoms with Crippen LogP contribution < -0.4 is 0 Å². The molecule has 1 aromatic heterocycles. The summed E-state index contributed by atoms with van der Waals surface area (Å²) >= 11 is 0. The highest BCUT2D eigenvalue weighted by molar-refractivity contribution is 5.54. The van der Waals surface area contributed by atoms with Crippen LogP contribution in [0.5, 0.6) is 0 Å². The minimum atomic E-state index is -0.742. The summed E-state index contributed by atoms with van der Waals surface area (Å²) in [7, 11) is 0. The van der Waals surface area contributed by atoms with E-state index in [0.717, 1.165) is 11.4 Å². The van der Waals surface area contributed by atoms with E-state index in [0.29, 0.717) is 11.3 Å². The number of hydrogen-bond donors (Lipinski definition) is 1. The Hall–Kier alpha value is -2.21. The van der Waals surface area contributed by atoms with E-state index in [4.69, 9.17) is 0 Å². The summed E-state index contributed by atoms with van der Waals surface area (Å²) in [6.45, 7) is 5.24. The van der Waals surface area contributed by atoms with E-state index in [1.165, 1.54) is 6.07 Å². The van der Waals surface area contributed by atoms with Gasteiger partial charge in [-0.3, -0.25) is 10.1 Å². The van der Waals surface area contributed by atoms with Gasteiger partial charge < -0.3 is 5.11 Å². The summed E-state index contributed by atoms with van der Waals surface area (Å²) in [4.78, 5) is 10.7. The van der Waals surface area contributed by atoms with Gasteiger partial charge in [-0.25, -0.2) is 4.68 Å². The average Bonchev–Trinajstić information content (AvgIpc) is 2.67. The van der Waals surface area contributed by atoms with E-state index in [1.54, 1.807) is 23.7 Å². The first kappa shape index (κ1) is 13.2. The number of aromatic nitrogens is 2. The maximum atomic E-state index is 11.2. The monoisotopic (exact) mass is 261 g/mol. The lowest BCUT2D eigenvalue weighted by atomic mass is 10.1. The zero-order chi connectivity index (χ0) is 14.2. The molecule has 0 aliphatic heterocycles. The molecule has 2 aromatic rings. The van der Waals surface area contributed by atoms with E-state index < -0.39 is 11.0 Å². The van der Waals surface area contributed by atoms with Gasteiger partial charge in [-0.1, -0.05) is 6.07 Å². The van der Waals surface area contributed by atoms with Crippen LogP contribution in [-0.4, -0.2) is 19.8 Å². The number of nitrogens with zero attached hydrogens (tertiary/aromatic N) is 3. The smallest absolute Gasteiger partial charge is 0.295 e. The number of nitro groups is 1. The van der Waals surface area contributed by atoms with Gasteiger partial charge in [-0.05, 0) is 38.5 Å². The van der Waals surface area contributed by atoms with Crippen LogP contribution in [0.1, 0.15) is 30.0 Å². The van der Waals surface area contributed by atoms with Gasteiger partial charge in [0.2, 0.25) is 0 Å². The van der Waals surface area contributed by atoms with Crippen molar-refractivity contribution in [3.63, 3.8) is 0 Å². The first-order valence-electron chi connectivity index (χ1n) is 5.90. The Morgan fingerprint density at radius 2 is 2.05 bits per heavy atom. The minimum Gasteiger partial charge on any atom is -0.389 e. The number of aliphatic hydroxyl groups is 1. The number of rotatable bonds is 3. The second kappa shape index (κ2) is 4.81. The molecule has 0 aliphatic rings. The van der Waals surface area contributed by atoms with Crippen molar-refractivity contribution in [1.29, 1.82) is 0 Å². The Labute approximate surface area is 110 Å². The fraction of sp³-hybridized carbons (Fsp3) is 0.308. The molecule has 0 spiro atoms. The summed E-state index contributed by atoms with van der Waals surface area (Å²) in [6, 6.07) is 6.52. The zero-order valence-corrected chi connectivity index (χ0v) is 11.0. The van der Waals surface area contributed by atoms with Crippen LogP contribution in [0, 0.1) is 24.0 Å². The topological polar surface area (TPSA) is 81.2 Å². The summed E-state index contributed by atoms with van der Waals surface area (Å²) in [5.41, 5.74) is 2.47. The van der Waals surface area contributed by atoms with Crippen LogP contribution in [0.4, 0.5) is 5.69 Å². The molecule has 1 N–H and O–H groups in total. The number of nitro benzene ring substituents is 1. The number of aryl methyl sites for hydroxylation is 2. The van der Waals surface area contributed by atoms with Crippen molar-refractivity contribution >= 4 is 5.69 Å². The molecule has 0 amide bonds. The highest BCUT2D eigenvalue weighted by Gasteiger charge is 2.19. The molecular formula is C13H15N3O3. The fourth-order valence-corrected chi connectivity index (χ4v) is 2.00. The van der Waals surface area contributed by atoms with Crippen molar-refractivity contribution in [3.05, 3.63) is 51.3 Å². The molecule has 19 heavy (non-hydrogen) atoms. The first-order chi connectivity index (χ1) is 8.90. The van der Waals surface area contributed by atoms with Crippen LogP contribution >= 0.6 is 0 Å². The van der Waals surface area contributed by atoms with Gasteiger partial charge in [0.15, 0.2) is 0 Å². The molecule has 2 rings (SSSR count). The van der Waals surface area contributed by atoms with Gasteiger partial charge in [0, 0.05) is 11.8 Å². The minimum absolute atomic E-state index is 0.0652. The molecule has 6 heteroatoms. The SMILES string of the molecule is Cc1cc(C)n(-c2ccc([C@@H](C)O)cc2[N+](=O)[O-])n1. The summed E-state index contributed by atoms with van der Waals surface area (Å²) < 4.78 is 1.54. The van der Waals surface area contributed by atoms with E-state index >= 15 is 0 Å². The third kappa shape index (κ3) is 2.48. The van der Waals surface area contributed by atoms with Gasteiger partial charge in [0.1, 0.15) is 5.69 Å². The van der Waals surface area contributed by atoms with Gasteiger partial charge >= 0.3 is 0 Å². The van der Waals surface area contributed by atoms with Crippen molar-refractivity contribution in [2.24, 2.45) is 0 Å². The number of aliphatic hydroxyl groups excluding tert-OH is 1. The van der Waals surface area contributed by atoms with E-state index in [2.05, 4.69) is 5.10 Å². The van der Waals surface area contributed by atoms with Crippen LogP contribution in [0.15, 0.2) is 24.3 Å². The van der Waals surface area contributed by atoms with Crippen molar-refractivity contribution in [1.82, 2.24) is 9.78 Å². The average molecular weight is 261 g/mol. The highest BCUT2D eigenvalue weighted by Crippen LogP contribution is 2.27. The Morgan fingerprint density at radius 1 is 1.37 bits per heavy atom. The fourth-order valence-electron chi connectivity index (χ4n) is 2.00. The molecule has 1 aromatic carbocycles. The quantitative estimate of drug-likeness (QED) is 0.679. The predicted molar refractivity (Wildman–Crippen MR) is 70.3 cm³/mol. The Balaban J connectivity index is 2.63. The molecule has 0 fully saturated rings. The maximum Gasteiger partial charge on any atom is 0.295 e. The van der Waals surface area contributed by atoms with E-state index in [-0.39, 0.29) is 5.69 Å². The molecule has 0 saturated carbocycles. The van der Waals surface area contributed by atoms with Crippen molar-refractivity contribution < 1.29 is 10.0 Å².